The zero-order valence-corrected chi connectivity index (χ0v) is 14.3. The Morgan fingerprint density at radius 2 is 0.962 bits per heavy atom. The minimum atomic E-state index is -0.0219. The minimum absolute atomic E-state index is 0.0219. The third-order valence-electron chi connectivity index (χ3n) is 4.43. The topological polar surface area (TPSA) is 17.1 Å². The van der Waals surface area contributed by atoms with Gasteiger partial charge in [0, 0.05) is 0 Å². The van der Waals surface area contributed by atoms with Crippen molar-refractivity contribution in [2.24, 2.45) is 0 Å². The zero-order chi connectivity index (χ0) is 17.8. The second-order valence-electron chi connectivity index (χ2n) is 6.28. The normalized spacial score (nSPS) is 11.7. The number of rotatable bonds is 4. The van der Waals surface area contributed by atoms with E-state index in [4.69, 9.17) is 0 Å². The molecule has 0 N–H and O–H groups in total. The summed E-state index contributed by atoms with van der Waals surface area (Å²) in [6, 6.07) is 28.8. The molecule has 0 aromatic heterocycles. The van der Waals surface area contributed by atoms with E-state index in [1.807, 2.05) is 48.6 Å². The maximum atomic E-state index is 12.1. The SMILES string of the molecule is O=C(C=Cc1ccc2ccccc2c1)C=Cc1ccc2ccccc2c1. The molecule has 1 nitrogen and oxygen atoms in total. The summed E-state index contributed by atoms with van der Waals surface area (Å²) in [7, 11) is 0. The van der Waals surface area contributed by atoms with Crippen molar-refractivity contribution in [3.63, 3.8) is 0 Å². The summed E-state index contributed by atoms with van der Waals surface area (Å²) >= 11 is 0. The molecule has 0 spiro atoms. The van der Waals surface area contributed by atoms with Gasteiger partial charge in [0.1, 0.15) is 0 Å². The Kier molecular flexibility index (Phi) is 4.44. The van der Waals surface area contributed by atoms with E-state index in [9.17, 15) is 4.79 Å². The van der Waals surface area contributed by atoms with Gasteiger partial charge in [0.05, 0.1) is 0 Å². The second-order valence-corrected chi connectivity index (χ2v) is 6.28. The van der Waals surface area contributed by atoms with E-state index in [0.29, 0.717) is 0 Å². The molecular formula is C25H18O. The van der Waals surface area contributed by atoms with Crippen LogP contribution in [-0.2, 0) is 4.79 Å². The lowest BCUT2D eigenvalue weighted by Crippen LogP contribution is -1.85. The van der Waals surface area contributed by atoms with Gasteiger partial charge in [-0.15, -0.1) is 0 Å². The van der Waals surface area contributed by atoms with Crippen molar-refractivity contribution in [2.75, 3.05) is 0 Å². The summed E-state index contributed by atoms with van der Waals surface area (Å²) in [5.41, 5.74) is 2.05. The van der Waals surface area contributed by atoms with Gasteiger partial charge in [-0.1, -0.05) is 84.9 Å². The number of carbonyl (C=O) groups is 1. The molecular weight excluding hydrogens is 316 g/mol. The molecule has 0 bridgehead atoms. The Balaban J connectivity index is 1.49. The highest BCUT2D eigenvalue weighted by Crippen LogP contribution is 2.18. The van der Waals surface area contributed by atoms with Crippen molar-refractivity contribution in [3.8, 4) is 0 Å². The quantitative estimate of drug-likeness (QED) is 0.401. The van der Waals surface area contributed by atoms with E-state index in [1.54, 1.807) is 12.2 Å². The molecule has 4 aromatic carbocycles. The highest BCUT2D eigenvalue weighted by atomic mass is 16.1. The van der Waals surface area contributed by atoms with Gasteiger partial charge < -0.3 is 0 Å². The van der Waals surface area contributed by atoms with Crippen molar-refractivity contribution >= 4 is 39.5 Å². The van der Waals surface area contributed by atoms with E-state index in [1.165, 1.54) is 21.5 Å². The maximum absolute atomic E-state index is 12.1. The highest BCUT2D eigenvalue weighted by molar-refractivity contribution is 6.05. The molecule has 0 saturated carbocycles. The van der Waals surface area contributed by atoms with E-state index in [2.05, 4.69) is 48.5 Å². The molecule has 0 amide bonds. The molecule has 4 aromatic rings. The summed E-state index contributed by atoms with van der Waals surface area (Å²) < 4.78 is 0. The predicted molar refractivity (Wildman–Crippen MR) is 111 cm³/mol. The van der Waals surface area contributed by atoms with Crippen LogP contribution in [0.3, 0.4) is 0 Å². The van der Waals surface area contributed by atoms with Gasteiger partial charge in [-0.3, -0.25) is 4.79 Å². The number of fused-ring (bicyclic) bond motifs is 2. The monoisotopic (exact) mass is 334 g/mol. The lowest BCUT2D eigenvalue weighted by atomic mass is 10.1. The second kappa shape index (κ2) is 7.20. The number of carbonyl (C=O) groups excluding carboxylic acids is 1. The summed E-state index contributed by atoms with van der Waals surface area (Å²) in [5, 5.41) is 4.75. The first kappa shape index (κ1) is 16.0. The summed E-state index contributed by atoms with van der Waals surface area (Å²) in [6.07, 6.45) is 6.95. The molecule has 0 aliphatic rings. The van der Waals surface area contributed by atoms with Crippen LogP contribution in [0.2, 0.25) is 0 Å². The van der Waals surface area contributed by atoms with Gasteiger partial charge >= 0.3 is 0 Å². The summed E-state index contributed by atoms with van der Waals surface area (Å²) in [5.74, 6) is -0.0219. The van der Waals surface area contributed by atoms with E-state index >= 15 is 0 Å². The Bertz CT molecular complexity index is 1060. The third-order valence-corrected chi connectivity index (χ3v) is 4.43. The van der Waals surface area contributed by atoms with Crippen LogP contribution in [0.25, 0.3) is 33.7 Å². The molecule has 0 aliphatic carbocycles. The molecule has 1 heteroatoms. The molecule has 0 fully saturated rings. The maximum Gasteiger partial charge on any atom is 0.178 e. The molecule has 0 aliphatic heterocycles. The van der Waals surface area contributed by atoms with Crippen LogP contribution in [0.1, 0.15) is 11.1 Å². The largest absolute Gasteiger partial charge is 0.290 e. The van der Waals surface area contributed by atoms with Crippen LogP contribution in [-0.4, -0.2) is 5.78 Å². The van der Waals surface area contributed by atoms with Crippen LogP contribution >= 0.6 is 0 Å². The fraction of sp³-hybridized carbons (Fsp3) is 0. The molecule has 0 saturated heterocycles. The van der Waals surface area contributed by atoms with Crippen molar-refractivity contribution < 1.29 is 4.79 Å². The number of hydrogen-bond acceptors (Lipinski definition) is 1. The van der Waals surface area contributed by atoms with Crippen molar-refractivity contribution in [1.29, 1.82) is 0 Å². The molecule has 0 unspecified atom stereocenters. The van der Waals surface area contributed by atoms with Crippen molar-refractivity contribution in [2.45, 2.75) is 0 Å². The fourth-order valence-electron chi connectivity index (χ4n) is 3.04. The molecule has 4 rings (SSSR count). The molecule has 0 atom stereocenters. The van der Waals surface area contributed by atoms with Gasteiger partial charge in [-0.05, 0) is 57.0 Å². The summed E-state index contributed by atoms with van der Waals surface area (Å²) in [6.45, 7) is 0. The number of hydrogen-bond donors (Lipinski definition) is 0. The zero-order valence-electron chi connectivity index (χ0n) is 14.3. The van der Waals surface area contributed by atoms with Gasteiger partial charge in [0.25, 0.3) is 0 Å². The van der Waals surface area contributed by atoms with Crippen LogP contribution in [0.4, 0.5) is 0 Å². The highest BCUT2D eigenvalue weighted by Gasteiger charge is 1.96. The first-order valence-electron chi connectivity index (χ1n) is 8.66. The van der Waals surface area contributed by atoms with Crippen LogP contribution in [0.5, 0.6) is 0 Å². The molecule has 124 valence electrons. The summed E-state index contributed by atoms with van der Waals surface area (Å²) in [4.78, 5) is 12.1. The van der Waals surface area contributed by atoms with Crippen LogP contribution in [0, 0.1) is 0 Å². The molecule has 0 heterocycles. The number of benzene rings is 4. The van der Waals surface area contributed by atoms with Crippen molar-refractivity contribution in [1.82, 2.24) is 0 Å². The first-order valence-corrected chi connectivity index (χ1v) is 8.66. The lowest BCUT2D eigenvalue weighted by molar-refractivity contribution is -0.110. The van der Waals surface area contributed by atoms with Gasteiger partial charge in [-0.2, -0.15) is 0 Å². The van der Waals surface area contributed by atoms with Gasteiger partial charge in [0.2, 0.25) is 0 Å². The van der Waals surface area contributed by atoms with Crippen LogP contribution < -0.4 is 0 Å². The Labute approximate surface area is 152 Å². The molecule has 26 heavy (non-hydrogen) atoms. The lowest BCUT2D eigenvalue weighted by Gasteiger charge is -1.99. The minimum Gasteiger partial charge on any atom is -0.290 e. The smallest absolute Gasteiger partial charge is 0.178 e. The van der Waals surface area contributed by atoms with Crippen molar-refractivity contribution in [3.05, 3.63) is 108 Å². The fourth-order valence-corrected chi connectivity index (χ4v) is 3.04. The average Bonchev–Trinajstić information content (AvgIpc) is 2.70. The average molecular weight is 334 g/mol. The van der Waals surface area contributed by atoms with E-state index in [0.717, 1.165) is 11.1 Å². The Morgan fingerprint density at radius 1 is 0.538 bits per heavy atom. The number of allylic oxidation sites excluding steroid dienone is 2. The molecule has 0 radical (unpaired) electrons. The van der Waals surface area contributed by atoms with Gasteiger partial charge in [0.15, 0.2) is 5.78 Å². The van der Waals surface area contributed by atoms with E-state index < -0.39 is 0 Å². The van der Waals surface area contributed by atoms with Gasteiger partial charge in [-0.25, -0.2) is 0 Å². The predicted octanol–water partition coefficient (Wildman–Crippen LogP) is 6.29. The standard InChI is InChI=1S/C25H18O/c26-25(15-11-19-9-13-21-5-1-3-7-23(21)17-19)16-12-20-10-14-22-6-2-4-8-24(22)18-20/h1-18H. The van der Waals surface area contributed by atoms with Crippen LogP contribution in [0.15, 0.2) is 97.1 Å². The third kappa shape index (κ3) is 3.62. The Hall–Kier alpha value is -3.45. The first-order chi connectivity index (χ1) is 12.8. The van der Waals surface area contributed by atoms with E-state index in [-0.39, 0.29) is 5.78 Å². The number of ketones is 1. The Morgan fingerprint density at radius 3 is 1.42 bits per heavy atom.